The summed E-state index contributed by atoms with van der Waals surface area (Å²) >= 11 is 2.71. The topological polar surface area (TPSA) is 107 Å². The van der Waals surface area contributed by atoms with Crippen molar-refractivity contribution in [1.29, 1.82) is 0 Å². The van der Waals surface area contributed by atoms with E-state index in [-0.39, 0.29) is 22.9 Å². The largest absolute Gasteiger partial charge is 0.325 e. The van der Waals surface area contributed by atoms with Crippen LogP contribution in [-0.2, 0) is 11.2 Å². The van der Waals surface area contributed by atoms with Gasteiger partial charge in [-0.15, -0.1) is 11.8 Å². The molecule has 0 atom stereocenters. The van der Waals surface area contributed by atoms with Gasteiger partial charge in [-0.05, 0) is 49.2 Å². The van der Waals surface area contributed by atoms with E-state index in [0.29, 0.717) is 15.7 Å². The second kappa shape index (κ2) is 9.17. The molecular formula is C22H20N4O4S2. The van der Waals surface area contributed by atoms with Crippen LogP contribution >= 0.6 is 23.5 Å². The molecule has 1 amide bonds. The lowest BCUT2D eigenvalue weighted by atomic mass is 10.1. The summed E-state index contributed by atoms with van der Waals surface area (Å²) in [5.41, 5.74) is 3.88. The van der Waals surface area contributed by atoms with Crippen molar-refractivity contribution in [2.24, 2.45) is 0 Å². The van der Waals surface area contributed by atoms with Crippen molar-refractivity contribution in [3.05, 3.63) is 79.8 Å². The average Bonchev–Trinajstić information content (AvgIpc) is 3.21. The third kappa shape index (κ3) is 4.71. The number of hydrogen-bond donors (Lipinski definition) is 1. The molecule has 0 saturated carbocycles. The molecule has 32 heavy (non-hydrogen) atoms. The van der Waals surface area contributed by atoms with Crippen molar-refractivity contribution in [3.63, 3.8) is 0 Å². The first-order valence-corrected chi connectivity index (χ1v) is 11.8. The summed E-state index contributed by atoms with van der Waals surface area (Å²) in [6.07, 6.45) is 0.728. The number of fused-ring (bicyclic) bond motifs is 1. The fourth-order valence-electron chi connectivity index (χ4n) is 3.49. The number of rotatable bonds is 6. The van der Waals surface area contributed by atoms with Crippen LogP contribution in [0.25, 0.3) is 5.69 Å². The van der Waals surface area contributed by atoms with Gasteiger partial charge in [0.25, 0.3) is 11.2 Å². The Labute approximate surface area is 192 Å². The molecule has 1 aliphatic rings. The Balaban J connectivity index is 1.59. The van der Waals surface area contributed by atoms with Gasteiger partial charge in [-0.1, -0.05) is 17.8 Å². The molecule has 3 aromatic rings. The standard InChI is InChI=1S/C22H20N4O4S2/c1-13-9-14(2)11-17(10-13)25-21(28)20-18(7-8-31-20)24-22(25)32-12-19(27)23-15-3-5-16(6-4-15)26(29)30/h3-6,9-11H,7-8,12H2,1-2H3,(H,23,27). The maximum absolute atomic E-state index is 13.3. The summed E-state index contributed by atoms with van der Waals surface area (Å²) in [6, 6.07) is 11.5. The maximum atomic E-state index is 13.3. The molecule has 1 N–H and O–H groups in total. The van der Waals surface area contributed by atoms with Gasteiger partial charge < -0.3 is 5.32 Å². The van der Waals surface area contributed by atoms with Gasteiger partial charge in [-0.25, -0.2) is 4.98 Å². The van der Waals surface area contributed by atoms with Gasteiger partial charge in [0.1, 0.15) is 0 Å². The highest BCUT2D eigenvalue weighted by Crippen LogP contribution is 2.30. The fraction of sp³-hybridized carbons (Fsp3) is 0.227. The van der Waals surface area contributed by atoms with E-state index < -0.39 is 4.92 Å². The van der Waals surface area contributed by atoms with Gasteiger partial charge in [-0.3, -0.25) is 24.3 Å². The molecular weight excluding hydrogens is 448 g/mol. The molecule has 2 heterocycles. The zero-order valence-electron chi connectivity index (χ0n) is 17.5. The van der Waals surface area contributed by atoms with E-state index in [1.54, 1.807) is 4.57 Å². The van der Waals surface area contributed by atoms with Gasteiger partial charge in [0.2, 0.25) is 5.91 Å². The van der Waals surface area contributed by atoms with E-state index >= 15 is 0 Å². The third-order valence-electron chi connectivity index (χ3n) is 4.83. The molecule has 0 spiro atoms. The Morgan fingerprint density at radius 1 is 1.22 bits per heavy atom. The molecule has 4 rings (SSSR count). The second-order valence-corrected chi connectivity index (χ2v) is 9.44. The highest BCUT2D eigenvalue weighted by molar-refractivity contribution is 8.00. The van der Waals surface area contributed by atoms with Crippen LogP contribution in [-0.4, -0.2) is 31.9 Å². The molecule has 0 fully saturated rings. The highest BCUT2D eigenvalue weighted by atomic mass is 32.2. The summed E-state index contributed by atoms with van der Waals surface area (Å²) in [7, 11) is 0. The number of benzene rings is 2. The van der Waals surface area contributed by atoms with E-state index in [2.05, 4.69) is 5.32 Å². The van der Waals surface area contributed by atoms with Crippen LogP contribution in [0.15, 0.2) is 57.3 Å². The first-order valence-electron chi connectivity index (χ1n) is 9.86. The predicted octanol–water partition coefficient (Wildman–Crippen LogP) is 4.14. The van der Waals surface area contributed by atoms with Crippen LogP contribution < -0.4 is 10.9 Å². The van der Waals surface area contributed by atoms with Gasteiger partial charge in [-0.2, -0.15) is 0 Å². The molecule has 164 valence electrons. The van der Waals surface area contributed by atoms with Crippen LogP contribution in [0.2, 0.25) is 0 Å². The number of nitrogens with one attached hydrogen (secondary N) is 1. The number of non-ortho nitro benzene ring substituents is 1. The molecule has 0 unspecified atom stereocenters. The molecule has 0 saturated heterocycles. The van der Waals surface area contributed by atoms with E-state index in [9.17, 15) is 19.7 Å². The number of anilines is 1. The van der Waals surface area contributed by atoms with E-state index in [4.69, 9.17) is 4.98 Å². The van der Waals surface area contributed by atoms with Crippen LogP contribution in [0.4, 0.5) is 11.4 Å². The van der Waals surface area contributed by atoms with Crippen molar-refractivity contribution in [2.45, 2.75) is 30.3 Å². The molecule has 1 aromatic heterocycles. The normalized spacial score (nSPS) is 12.4. The van der Waals surface area contributed by atoms with Gasteiger partial charge in [0.15, 0.2) is 5.16 Å². The smallest absolute Gasteiger partial charge is 0.272 e. The maximum Gasteiger partial charge on any atom is 0.272 e. The lowest BCUT2D eigenvalue weighted by molar-refractivity contribution is -0.384. The Hall–Kier alpha value is -3.11. The number of amides is 1. The molecule has 0 radical (unpaired) electrons. The predicted molar refractivity (Wildman–Crippen MR) is 126 cm³/mol. The molecule has 2 aromatic carbocycles. The van der Waals surface area contributed by atoms with Crippen molar-refractivity contribution < 1.29 is 9.72 Å². The van der Waals surface area contributed by atoms with Crippen molar-refractivity contribution in [1.82, 2.24) is 9.55 Å². The van der Waals surface area contributed by atoms with Crippen LogP contribution in [0, 0.1) is 24.0 Å². The fourth-order valence-corrected chi connectivity index (χ4v) is 5.34. The Bertz CT molecular complexity index is 1250. The van der Waals surface area contributed by atoms with Crippen LogP contribution in [0.3, 0.4) is 0 Å². The molecule has 0 aliphatic carbocycles. The SMILES string of the molecule is Cc1cc(C)cc(-n2c(SCC(=O)Nc3ccc([N+](=O)[O-])cc3)nc3c(c2=O)SCC3)c1. The monoisotopic (exact) mass is 468 g/mol. The minimum Gasteiger partial charge on any atom is -0.325 e. The lowest BCUT2D eigenvalue weighted by Gasteiger charge is -2.15. The average molecular weight is 469 g/mol. The number of nitro benzene ring substituents is 1. The van der Waals surface area contributed by atoms with Crippen molar-refractivity contribution in [3.8, 4) is 5.69 Å². The van der Waals surface area contributed by atoms with E-state index in [1.807, 2.05) is 32.0 Å². The van der Waals surface area contributed by atoms with Gasteiger partial charge in [0, 0.05) is 30.0 Å². The second-order valence-electron chi connectivity index (χ2n) is 7.40. The van der Waals surface area contributed by atoms with Crippen LogP contribution in [0.1, 0.15) is 16.8 Å². The first kappa shape index (κ1) is 22.1. The Morgan fingerprint density at radius 2 is 1.91 bits per heavy atom. The molecule has 10 heteroatoms. The van der Waals surface area contributed by atoms with E-state index in [1.165, 1.54) is 47.8 Å². The minimum atomic E-state index is -0.495. The summed E-state index contributed by atoms with van der Waals surface area (Å²) in [6.45, 7) is 3.95. The number of aromatic nitrogens is 2. The molecule has 0 bridgehead atoms. The Kier molecular flexibility index (Phi) is 6.33. The van der Waals surface area contributed by atoms with Crippen molar-refractivity contribution in [2.75, 3.05) is 16.8 Å². The number of thioether (sulfide) groups is 2. The third-order valence-corrected chi connectivity index (χ3v) is 6.87. The number of nitrogens with zero attached hydrogens (tertiary/aromatic N) is 3. The summed E-state index contributed by atoms with van der Waals surface area (Å²) in [4.78, 5) is 41.4. The summed E-state index contributed by atoms with van der Waals surface area (Å²) in [5.74, 6) is 0.569. The summed E-state index contributed by atoms with van der Waals surface area (Å²) < 4.78 is 1.58. The zero-order valence-corrected chi connectivity index (χ0v) is 19.1. The van der Waals surface area contributed by atoms with Crippen LogP contribution in [0.5, 0.6) is 0 Å². The van der Waals surface area contributed by atoms with Gasteiger partial charge >= 0.3 is 0 Å². The molecule has 8 nitrogen and oxygen atoms in total. The lowest BCUT2D eigenvalue weighted by Crippen LogP contribution is -2.25. The number of carbonyl (C=O) groups is 1. The first-order chi connectivity index (χ1) is 15.3. The number of nitro groups is 1. The highest BCUT2D eigenvalue weighted by Gasteiger charge is 2.23. The number of carbonyl (C=O) groups excluding carboxylic acids is 1. The number of aryl methyl sites for hydroxylation is 3. The van der Waals surface area contributed by atoms with Gasteiger partial charge in [0.05, 0.1) is 27.0 Å². The quantitative estimate of drug-likeness (QED) is 0.251. The summed E-state index contributed by atoms with van der Waals surface area (Å²) in [5, 5.41) is 14.0. The number of hydrogen-bond acceptors (Lipinski definition) is 7. The minimum absolute atomic E-state index is 0.0418. The van der Waals surface area contributed by atoms with E-state index in [0.717, 1.165) is 34.7 Å². The molecule has 1 aliphatic heterocycles. The Morgan fingerprint density at radius 3 is 2.56 bits per heavy atom. The van der Waals surface area contributed by atoms with Crippen molar-refractivity contribution >= 4 is 40.8 Å². The zero-order chi connectivity index (χ0) is 22.8.